The number of rotatable bonds is 2. The zero-order valence-corrected chi connectivity index (χ0v) is 13.0. The van der Waals surface area contributed by atoms with Crippen LogP contribution >= 0.6 is 11.6 Å². The lowest BCUT2D eigenvalue weighted by molar-refractivity contribution is 0.0498. The summed E-state index contributed by atoms with van der Waals surface area (Å²) in [6, 6.07) is 1.93. The molecule has 0 unspecified atom stereocenters. The number of ether oxygens (including phenoxy) is 1. The maximum atomic E-state index is 13.5. The van der Waals surface area contributed by atoms with E-state index >= 15 is 0 Å². The van der Waals surface area contributed by atoms with Crippen molar-refractivity contribution in [3.05, 3.63) is 47.0 Å². The molecule has 2 aliphatic heterocycles. The minimum absolute atomic E-state index is 0.376. The minimum Gasteiger partial charge on any atom is -0.381 e. The Morgan fingerprint density at radius 3 is 3.00 bits per heavy atom. The Labute approximate surface area is 134 Å². The van der Waals surface area contributed by atoms with Gasteiger partial charge in [-0.05, 0) is 30.8 Å². The largest absolute Gasteiger partial charge is 0.381 e. The molecule has 0 N–H and O–H groups in total. The Morgan fingerprint density at radius 2 is 2.18 bits per heavy atom. The molecule has 1 saturated heterocycles. The molecular weight excluding hydrogens is 303 g/mol. The van der Waals surface area contributed by atoms with Gasteiger partial charge < -0.3 is 9.64 Å². The molecule has 22 heavy (non-hydrogen) atoms. The molecule has 1 aromatic heterocycles. The van der Waals surface area contributed by atoms with Gasteiger partial charge in [-0.15, -0.1) is 0 Å². The van der Waals surface area contributed by atoms with E-state index in [-0.39, 0.29) is 0 Å². The third-order valence-corrected chi connectivity index (χ3v) is 5.41. The van der Waals surface area contributed by atoms with Crippen LogP contribution in [0.1, 0.15) is 24.8 Å². The van der Waals surface area contributed by atoms with Crippen LogP contribution in [0.2, 0.25) is 5.02 Å². The van der Waals surface area contributed by atoms with E-state index in [9.17, 15) is 4.39 Å². The Balaban J connectivity index is 1.64. The number of halogens is 2. The van der Waals surface area contributed by atoms with E-state index in [4.69, 9.17) is 16.3 Å². The first-order valence-electron chi connectivity index (χ1n) is 7.72. The van der Waals surface area contributed by atoms with Crippen molar-refractivity contribution in [2.75, 3.05) is 19.8 Å². The molecule has 3 nitrogen and oxygen atoms in total. The molecule has 0 radical (unpaired) electrons. The maximum Gasteiger partial charge on any atom is 0.213 e. The number of nitrogens with zero attached hydrogens (tertiary/aromatic N) is 2. The topological polar surface area (TPSA) is 25.4 Å². The molecule has 1 saturated carbocycles. The van der Waals surface area contributed by atoms with Crippen molar-refractivity contribution in [3.8, 4) is 0 Å². The highest BCUT2D eigenvalue weighted by molar-refractivity contribution is 6.32. The molecule has 1 spiro atoms. The molecule has 1 atom stereocenters. The molecule has 3 aliphatic rings. The van der Waals surface area contributed by atoms with Crippen LogP contribution in [-0.2, 0) is 4.74 Å². The van der Waals surface area contributed by atoms with Gasteiger partial charge in [0.25, 0.3) is 0 Å². The van der Waals surface area contributed by atoms with Gasteiger partial charge in [0.1, 0.15) is 0 Å². The second kappa shape index (κ2) is 5.36. The predicted molar refractivity (Wildman–Crippen MR) is 83.9 cm³/mol. The van der Waals surface area contributed by atoms with Crippen LogP contribution in [0.3, 0.4) is 0 Å². The normalized spacial score (nSPS) is 26.2. The van der Waals surface area contributed by atoms with E-state index in [1.54, 1.807) is 0 Å². The van der Waals surface area contributed by atoms with Gasteiger partial charge in [0, 0.05) is 49.3 Å². The lowest BCUT2D eigenvalue weighted by Gasteiger charge is -2.33. The van der Waals surface area contributed by atoms with Crippen LogP contribution < -0.4 is 0 Å². The average Bonchev–Trinajstić information content (AvgIpc) is 3.23. The molecule has 5 heteroatoms. The monoisotopic (exact) mass is 320 g/mol. The fraction of sp³-hybridized carbons (Fsp3) is 0.471. The van der Waals surface area contributed by atoms with E-state index in [1.807, 2.05) is 12.2 Å². The van der Waals surface area contributed by atoms with Gasteiger partial charge in [-0.3, -0.25) is 0 Å². The summed E-state index contributed by atoms with van der Waals surface area (Å²) in [6.45, 7) is 2.55. The summed E-state index contributed by atoms with van der Waals surface area (Å²) in [5.74, 6) is -0.494. The Hall–Kier alpha value is -1.39. The third-order valence-electron chi connectivity index (χ3n) is 5.11. The van der Waals surface area contributed by atoms with Crippen LogP contribution in [0, 0.1) is 11.4 Å². The number of hydrogen-bond acceptors (Lipinski definition) is 3. The summed E-state index contributed by atoms with van der Waals surface area (Å²) in [5.41, 5.74) is 2.11. The molecular formula is C17H18ClFN2O. The van der Waals surface area contributed by atoms with Gasteiger partial charge in [-0.2, -0.15) is 4.39 Å². The van der Waals surface area contributed by atoms with Gasteiger partial charge in [0.05, 0.1) is 5.02 Å². The molecule has 4 rings (SSSR count). The first-order chi connectivity index (χ1) is 10.7. The maximum absolute atomic E-state index is 13.5. The smallest absolute Gasteiger partial charge is 0.213 e. The van der Waals surface area contributed by atoms with E-state index in [0.717, 1.165) is 43.9 Å². The number of hydrogen-bond donors (Lipinski definition) is 0. The van der Waals surface area contributed by atoms with Crippen molar-refractivity contribution < 1.29 is 9.13 Å². The van der Waals surface area contributed by atoms with Crippen molar-refractivity contribution >= 4 is 17.3 Å². The van der Waals surface area contributed by atoms with Crippen molar-refractivity contribution in [2.24, 2.45) is 5.41 Å². The average molecular weight is 321 g/mol. The quantitative estimate of drug-likeness (QED) is 0.778. The Bertz CT molecular complexity index is 652. The highest BCUT2D eigenvalue weighted by Gasteiger charge is 2.57. The van der Waals surface area contributed by atoms with E-state index in [1.165, 1.54) is 18.7 Å². The predicted octanol–water partition coefficient (Wildman–Crippen LogP) is 3.66. The van der Waals surface area contributed by atoms with Crippen LogP contribution in [-0.4, -0.2) is 35.7 Å². The first-order valence-corrected chi connectivity index (χ1v) is 8.10. The lowest BCUT2D eigenvalue weighted by Crippen LogP contribution is -2.32. The van der Waals surface area contributed by atoms with Crippen LogP contribution in [0.5, 0.6) is 0 Å². The SMILES string of the molecule is Fc1cc(C2=CC=CCN2[C@@H]2CC23CCOCC3)c(Cl)cn1. The third kappa shape index (κ3) is 2.34. The molecule has 1 aromatic rings. The van der Waals surface area contributed by atoms with Gasteiger partial charge >= 0.3 is 0 Å². The molecule has 3 heterocycles. The summed E-state index contributed by atoms with van der Waals surface area (Å²) < 4.78 is 19.0. The summed E-state index contributed by atoms with van der Waals surface area (Å²) in [6.07, 6.45) is 11.0. The highest BCUT2D eigenvalue weighted by atomic mass is 35.5. The standard InChI is InChI=1S/C17H18ClFN2O/c18-13-11-20-16(19)9-12(13)14-3-1-2-6-21(14)15-10-17(15)4-7-22-8-5-17/h1-3,9,11,15H,4-8,10H2/t15-/m1/s1. The summed E-state index contributed by atoms with van der Waals surface area (Å²) in [7, 11) is 0. The van der Waals surface area contributed by atoms with E-state index in [0.29, 0.717) is 16.5 Å². The van der Waals surface area contributed by atoms with Gasteiger partial charge in [-0.25, -0.2) is 4.98 Å². The fourth-order valence-electron chi connectivity index (χ4n) is 3.76. The van der Waals surface area contributed by atoms with Crippen molar-refractivity contribution in [3.63, 3.8) is 0 Å². The minimum atomic E-state index is -0.494. The van der Waals surface area contributed by atoms with Crippen molar-refractivity contribution in [1.82, 2.24) is 9.88 Å². The molecule has 1 aliphatic carbocycles. The van der Waals surface area contributed by atoms with Crippen LogP contribution in [0.4, 0.5) is 4.39 Å². The van der Waals surface area contributed by atoms with E-state index < -0.39 is 5.95 Å². The second-order valence-corrected chi connectivity index (χ2v) is 6.72. The fourth-order valence-corrected chi connectivity index (χ4v) is 3.96. The Morgan fingerprint density at radius 1 is 1.36 bits per heavy atom. The first kappa shape index (κ1) is 14.2. The van der Waals surface area contributed by atoms with Crippen LogP contribution in [0.15, 0.2) is 30.5 Å². The summed E-state index contributed by atoms with van der Waals surface area (Å²) >= 11 is 6.26. The summed E-state index contributed by atoms with van der Waals surface area (Å²) in [5, 5.41) is 0.495. The lowest BCUT2D eigenvalue weighted by atomic mass is 9.95. The van der Waals surface area contributed by atoms with Gasteiger partial charge in [0.15, 0.2) is 0 Å². The summed E-state index contributed by atoms with van der Waals surface area (Å²) in [4.78, 5) is 5.99. The molecule has 0 amide bonds. The van der Waals surface area contributed by atoms with Crippen molar-refractivity contribution in [1.29, 1.82) is 0 Å². The number of allylic oxidation sites excluding steroid dienone is 2. The van der Waals surface area contributed by atoms with E-state index in [2.05, 4.69) is 16.0 Å². The van der Waals surface area contributed by atoms with Gasteiger partial charge in [0.2, 0.25) is 5.95 Å². The Kier molecular flexibility index (Phi) is 3.46. The highest BCUT2D eigenvalue weighted by Crippen LogP contribution is 2.58. The zero-order chi connectivity index (χ0) is 15.2. The zero-order valence-electron chi connectivity index (χ0n) is 12.3. The molecule has 116 valence electrons. The second-order valence-electron chi connectivity index (χ2n) is 6.31. The molecule has 2 fully saturated rings. The molecule has 0 bridgehead atoms. The molecule has 0 aromatic carbocycles. The van der Waals surface area contributed by atoms with Gasteiger partial charge in [-0.1, -0.05) is 23.8 Å². The van der Waals surface area contributed by atoms with Crippen LogP contribution in [0.25, 0.3) is 5.70 Å². The van der Waals surface area contributed by atoms with Crippen molar-refractivity contribution in [2.45, 2.75) is 25.3 Å². The number of aromatic nitrogens is 1. The number of pyridine rings is 1.